The maximum absolute atomic E-state index is 12.8. The second-order valence-corrected chi connectivity index (χ2v) is 4.08. The third-order valence-electron chi connectivity index (χ3n) is 1.26. The number of carboxylic acids is 1. The van der Waals surface area contributed by atoms with Gasteiger partial charge >= 0.3 is 12.1 Å². The summed E-state index contributed by atoms with van der Waals surface area (Å²) in [5.41, 5.74) is -0.650. The first-order chi connectivity index (χ1) is 6.70. The molecule has 0 rings (SSSR count). The molecule has 88 valence electrons. The van der Waals surface area contributed by atoms with Crippen molar-refractivity contribution in [3.63, 3.8) is 0 Å². The molecule has 0 aromatic carbocycles. The van der Waals surface area contributed by atoms with Gasteiger partial charge in [0.2, 0.25) is 0 Å². The molecular formula is C9H16FNO4. The third kappa shape index (κ3) is 8.99. The first-order valence-corrected chi connectivity index (χ1v) is 4.53. The van der Waals surface area contributed by atoms with Crippen LogP contribution in [0.2, 0.25) is 0 Å². The fourth-order valence-electron chi connectivity index (χ4n) is 0.770. The average Bonchev–Trinajstić information content (AvgIpc) is 1.96. The zero-order chi connectivity index (χ0) is 12.1. The van der Waals surface area contributed by atoms with Crippen LogP contribution in [-0.4, -0.2) is 35.5 Å². The fourth-order valence-corrected chi connectivity index (χ4v) is 0.770. The Kier molecular flexibility index (Phi) is 5.04. The Morgan fingerprint density at radius 1 is 1.47 bits per heavy atom. The third-order valence-corrected chi connectivity index (χ3v) is 1.26. The summed E-state index contributed by atoms with van der Waals surface area (Å²) < 4.78 is 17.6. The maximum atomic E-state index is 12.8. The van der Waals surface area contributed by atoms with E-state index in [2.05, 4.69) is 5.32 Å². The molecule has 1 unspecified atom stereocenters. The number of alkyl carbamates (subject to hydrolysis) is 1. The molecule has 6 heteroatoms. The highest BCUT2D eigenvalue weighted by Crippen LogP contribution is 2.06. The Morgan fingerprint density at radius 2 is 2.00 bits per heavy atom. The van der Waals surface area contributed by atoms with Crippen molar-refractivity contribution in [3.05, 3.63) is 0 Å². The van der Waals surface area contributed by atoms with Crippen LogP contribution in [0.25, 0.3) is 0 Å². The van der Waals surface area contributed by atoms with Gasteiger partial charge in [0.15, 0.2) is 0 Å². The van der Waals surface area contributed by atoms with Crippen molar-refractivity contribution in [2.45, 2.75) is 39.0 Å². The Labute approximate surface area is 87.6 Å². The maximum Gasteiger partial charge on any atom is 0.407 e. The molecule has 0 aromatic rings. The van der Waals surface area contributed by atoms with Gasteiger partial charge in [0.1, 0.15) is 11.8 Å². The van der Waals surface area contributed by atoms with Gasteiger partial charge in [0.05, 0.1) is 13.0 Å². The smallest absolute Gasteiger partial charge is 0.407 e. The van der Waals surface area contributed by atoms with Gasteiger partial charge < -0.3 is 15.2 Å². The predicted molar refractivity (Wildman–Crippen MR) is 51.4 cm³/mol. The lowest BCUT2D eigenvalue weighted by molar-refractivity contribution is -0.138. The van der Waals surface area contributed by atoms with Crippen LogP contribution < -0.4 is 5.32 Å². The molecule has 0 bridgehead atoms. The number of amides is 1. The molecule has 0 aliphatic rings. The minimum Gasteiger partial charge on any atom is -0.481 e. The second kappa shape index (κ2) is 5.53. The van der Waals surface area contributed by atoms with E-state index in [1.807, 2.05) is 0 Å². The van der Waals surface area contributed by atoms with Gasteiger partial charge in [-0.05, 0) is 20.8 Å². The van der Waals surface area contributed by atoms with Crippen LogP contribution in [0.5, 0.6) is 0 Å². The van der Waals surface area contributed by atoms with Gasteiger partial charge in [0.25, 0.3) is 0 Å². The second-order valence-electron chi connectivity index (χ2n) is 4.08. The topological polar surface area (TPSA) is 75.6 Å². The summed E-state index contributed by atoms with van der Waals surface area (Å²) in [6.07, 6.45) is -2.99. The summed E-state index contributed by atoms with van der Waals surface area (Å²) in [6, 6.07) is 0. The number of carbonyl (C=O) groups excluding carboxylic acids is 1. The highest BCUT2D eigenvalue weighted by Gasteiger charge is 2.18. The van der Waals surface area contributed by atoms with E-state index in [1.165, 1.54) is 0 Å². The first-order valence-electron chi connectivity index (χ1n) is 4.53. The van der Waals surface area contributed by atoms with Crippen LogP contribution in [0.4, 0.5) is 9.18 Å². The number of alkyl halides is 1. The van der Waals surface area contributed by atoms with E-state index in [0.717, 1.165) is 0 Å². The molecule has 0 heterocycles. The number of hydrogen-bond donors (Lipinski definition) is 2. The summed E-state index contributed by atoms with van der Waals surface area (Å²) in [5, 5.41) is 10.4. The highest BCUT2D eigenvalue weighted by atomic mass is 19.1. The van der Waals surface area contributed by atoms with E-state index >= 15 is 0 Å². The van der Waals surface area contributed by atoms with Crippen LogP contribution in [0.15, 0.2) is 0 Å². The molecule has 15 heavy (non-hydrogen) atoms. The monoisotopic (exact) mass is 221 g/mol. The van der Waals surface area contributed by atoms with Crippen LogP contribution in [-0.2, 0) is 9.53 Å². The van der Waals surface area contributed by atoms with Gasteiger partial charge in [0, 0.05) is 0 Å². The van der Waals surface area contributed by atoms with E-state index in [4.69, 9.17) is 9.84 Å². The normalized spacial score (nSPS) is 13.1. The number of aliphatic carboxylic acids is 1. The largest absolute Gasteiger partial charge is 0.481 e. The number of rotatable bonds is 4. The first kappa shape index (κ1) is 13.7. The Hall–Kier alpha value is -1.33. The molecule has 0 aliphatic heterocycles. The van der Waals surface area contributed by atoms with Crippen molar-refractivity contribution in [1.82, 2.24) is 5.32 Å². The van der Waals surface area contributed by atoms with Crippen molar-refractivity contribution < 1.29 is 23.8 Å². The van der Waals surface area contributed by atoms with Gasteiger partial charge in [-0.1, -0.05) is 0 Å². The molecule has 2 N–H and O–H groups in total. The summed E-state index contributed by atoms with van der Waals surface area (Å²) in [7, 11) is 0. The predicted octanol–water partition coefficient (Wildman–Crippen LogP) is 1.32. The Bertz CT molecular complexity index is 237. The lowest BCUT2D eigenvalue weighted by Gasteiger charge is -2.20. The molecule has 1 atom stereocenters. The van der Waals surface area contributed by atoms with Crippen molar-refractivity contribution in [1.29, 1.82) is 0 Å². The molecule has 0 radical (unpaired) electrons. The van der Waals surface area contributed by atoms with Crippen LogP contribution in [0.1, 0.15) is 27.2 Å². The van der Waals surface area contributed by atoms with E-state index in [9.17, 15) is 14.0 Å². The fraction of sp³-hybridized carbons (Fsp3) is 0.778. The lowest BCUT2D eigenvalue weighted by Crippen LogP contribution is -2.36. The highest BCUT2D eigenvalue weighted by molar-refractivity contribution is 5.69. The number of halogens is 1. The van der Waals surface area contributed by atoms with Crippen LogP contribution in [0.3, 0.4) is 0 Å². The number of carboxylic acid groups (broad SMARTS) is 1. The lowest BCUT2D eigenvalue weighted by atomic mass is 10.2. The zero-order valence-corrected chi connectivity index (χ0v) is 9.04. The van der Waals surface area contributed by atoms with E-state index in [0.29, 0.717) is 0 Å². The van der Waals surface area contributed by atoms with Crippen molar-refractivity contribution in [2.24, 2.45) is 0 Å². The summed E-state index contributed by atoms with van der Waals surface area (Å²) in [6.45, 7) is 4.67. The summed E-state index contributed by atoms with van der Waals surface area (Å²) in [5.74, 6) is -1.24. The number of carbonyl (C=O) groups is 2. The average molecular weight is 221 g/mol. The molecule has 5 nitrogen and oxygen atoms in total. The molecule has 1 amide bonds. The van der Waals surface area contributed by atoms with Gasteiger partial charge in [-0.2, -0.15) is 0 Å². The zero-order valence-electron chi connectivity index (χ0n) is 9.04. The molecule has 0 aliphatic carbocycles. The SMILES string of the molecule is CC(C)(C)OC(=O)NCC(F)CC(=O)O. The van der Waals surface area contributed by atoms with E-state index in [1.54, 1.807) is 20.8 Å². The molecule has 0 fully saturated rings. The summed E-state index contributed by atoms with van der Waals surface area (Å²) in [4.78, 5) is 21.1. The number of hydrogen-bond acceptors (Lipinski definition) is 3. The van der Waals surface area contributed by atoms with Crippen LogP contribution in [0, 0.1) is 0 Å². The van der Waals surface area contributed by atoms with Crippen molar-refractivity contribution in [3.8, 4) is 0 Å². The standard InChI is InChI=1S/C9H16FNO4/c1-9(2,3)15-8(14)11-5-6(10)4-7(12)13/h6H,4-5H2,1-3H3,(H,11,14)(H,12,13). The van der Waals surface area contributed by atoms with Gasteiger partial charge in [-0.15, -0.1) is 0 Å². The van der Waals surface area contributed by atoms with Crippen molar-refractivity contribution in [2.75, 3.05) is 6.54 Å². The van der Waals surface area contributed by atoms with Gasteiger partial charge in [-0.3, -0.25) is 4.79 Å². The molecule has 0 aromatic heterocycles. The van der Waals surface area contributed by atoms with E-state index < -0.39 is 30.3 Å². The Balaban J connectivity index is 3.76. The number of nitrogens with one attached hydrogen (secondary N) is 1. The van der Waals surface area contributed by atoms with E-state index in [-0.39, 0.29) is 6.54 Å². The number of ether oxygens (including phenoxy) is 1. The van der Waals surface area contributed by atoms with Gasteiger partial charge in [-0.25, -0.2) is 9.18 Å². The minimum absolute atomic E-state index is 0.360. The Morgan fingerprint density at radius 3 is 2.40 bits per heavy atom. The summed E-state index contributed by atoms with van der Waals surface area (Å²) >= 11 is 0. The molecule has 0 saturated heterocycles. The quantitative estimate of drug-likeness (QED) is 0.750. The van der Waals surface area contributed by atoms with Crippen LogP contribution >= 0.6 is 0 Å². The molecule has 0 saturated carbocycles. The molecule has 0 spiro atoms. The minimum atomic E-state index is -1.60. The van der Waals surface area contributed by atoms with Crippen molar-refractivity contribution >= 4 is 12.1 Å². The molecular weight excluding hydrogens is 205 g/mol.